The van der Waals surface area contributed by atoms with Crippen molar-refractivity contribution in [2.45, 2.75) is 24.6 Å². The first-order valence-electron chi connectivity index (χ1n) is 8.61. The molecule has 3 heterocycles. The summed E-state index contributed by atoms with van der Waals surface area (Å²) in [4.78, 5) is 16.5. The summed E-state index contributed by atoms with van der Waals surface area (Å²) < 4.78 is 50.3. The number of hydrogen-bond donors (Lipinski definition) is 2. The summed E-state index contributed by atoms with van der Waals surface area (Å²) >= 11 is 1.08. The molecule has 2 N–H and O–H groups in total. The number of amides is 1. The number of halogens is 3. The first kappa shape index (κ1) is 19.5. The lowest BCUT2D eigenvalue weighted by Crippen LogP contribution is -2.44. The Morgan fingerprint density at radius 2 is 2.14 bits per heavy atom. The van der Waals surface area contributed by atoms with Crippen LogP contribution in [0, 0.1) is 0 Å². The molecule has 29 heavy (non-hydrogen) atoms. The fourth-order valence-corrected chi connectivity index (χ4v) is 3.78. The molecule has 4 rings (SSSR count). The summed E-state index contributed by atoms with van der Waals surface area (Å²) in [5.41, 5.74) is -0.985. The highest BCUT2D eigenvalue weighted by molar-refractivity contribution is 7.14. The van der Waals surface area contributed by atoms with Crippen molar-refractivity contribution in [2.75, 3.05) is 11.9 Å². The smallest absolute Gasteiger partial charge is 0.425 e. The van der Waals surface area contributed by atoms with Crippen LogP contribution in [0.4, 0.5) is 18.3 Å². The molecule has 1 atom stereocenters. The number of carbonyl (C=O) groups is 1. The predicted molar refractivity (Wildman–Crippen MR) is 98.7 cm³/mol. The van der Waals surface area contributed by atoms with Gasteiger partial charge < -0.3 is 19.6 Å². The van der Waals surface area contributed by atoms with Gasteiger partial charge in [-0.2, -0.15) is 13.2 Å². The van der Waals surface area contributed by atoms with E-state index in [4.69, 9.17) is 9.15 Å². The predicted octanol–water partition coefficient (Wildman–Crippen LogP) is 4.12. The lowest BCUT2D eigenvalue weighted by molar-refractivity contribution is -0.272. The van der Waals surface area contributed by atoms with E-state index in [1.165, 1.54) is 6.07 Å². The summed E-state index contributed by atoms with van der Waals surface area (Å²) in [7, 11) is 0. The highest BCUT2D eigenvalue weighted by Crippen LogP contribution is 2.42. The summed E-state index contributed by atoms with van der Waals surface area (Å²) in [5, 5.41) is 14.3. The van der Waals surface area contributed by atoms with Crippen molar-refractivity contribution in [3.8, 4) is 17.0 Å². The Balaban J connectivity index is 1.49. The molecule has 0 bridgehead atoms. The second-order valence-electron chi connectivity index (χ2n) is 6.52. The van der Waals surface area contributed by atoms with Crippen molar-refractivity contribution in [3.63, 3.8) is 0 Å². The summed E-state index contributed by atoms with van der Waals surface area (Å²) in [6.07, 6.45) is -4.56. The minimum Gasteiger partial charge on any atom is -0.493 e. The van der Waals surface area contributed by atoms with Gasteiger partial charge in [0, 0.05) is 17.4 Å². The van der Waals surface area contributed by atoms with Crippen LogP contribution in [-0.2, 0) is 16.8 Å². The standard InChI is InChI=1S/C19H15F3N2O4S/c20-19(21,22)18(26,15-2-1-6-28-15)9-16(25)24-17-23-13(10-29-17)11-3-4-14-12(8-11)5-7-27-14/h1-4,6,8,10,26H,5,7,9H2,(H,23,24,25)/t18-/m0/s1. The zero-order valence-corrected chi connectivity index (χ0v) is 15.6. The molecule has 0 radical (unpaired) electrons. The number of rotatable bonds is 5. The molecule has 0 fully saturated rings. The number of hydrogen-bond acceptors (Lipinski definition) is 6. The Bertz CT molecular complexity index is 1030. The van der Waals surface area contributed by atoms with E-state index in [-0.39, 0.29) is 5.13 Å². The van der Waals surface area contributed by atoms with Gasteiger partial charge >= 0.3 is 6.18 Å². The van der Waals surface area contributed by atoms with Crippen LogP contribution in [0.1, 0.15) is 17.7 Å². The maximum absolute atomic E-state index is 13.4. The molecule has 2 aromatic heterocycles. The minimum atomic E-state index is -5.09. The monoisotopic (exact) mass is 424 g/mol. The van der Waals surface area contributed by atoms with E-state index in [1.807, 2.05) is 18.2 Å². The van der Waals surface area contributed by atoms with E-state index >= 15 is 0 Å². The van der Waals surface area contributed by atoms with Crippen molar-refractivity contribution in [3.05, 3.63) is 53.3 Å². The summed E-state index contributed by atoms with van der Waals surface area (Å²) in [6, 6.07) is 7.77. The molecular weight excluding hydrogens is 409 g/mol. The van der Waals surface area contributed by atoms with Crippen molar-refractivity contribution >= 4 is 22.4 Å². The largest absolute Gasteiger partial charge is 0.493 e. The van der Waals surface area contributed by atoms with Gasteiger partial charge in [0.1, 0.15) is 11.5 Å². The van der Waals surface area contributed by atoms with Crippen LogP contribution in [0.3, 0.4) is 0 Å². The number of anilines is 1. The first-order valence-corrected chi connectivity index (χ1v) is 9.49. The van der Waals surface area contributed by atoms with Crippen LogP contribution < -0.4 is 10.1 Å². The van der Waals surface area contributed by atoms with Crippen LogP contribution in [0.15, 0.2) is 46.4 Å². The topological polar surface area (TPSA) is 84.6 Å². The van der Waals surface area contributed by atoms with Gasteiger partial charge in [0.25, 0.3) is 0 Å². The minimum absolute atomic E-state index is 0.130. The van der Waals surface area contributed by atoms with Gasteiger partial charge in [0.2, 0.25) is 11.5 Å². The average Bonchev–Trinajstić information content (AvgIpc) is 3.41. The Morgan fingerprint density at radius 3 is 2.86 bits per heavy atom. The maximum Gasteiger partial charge on any atom is 0.425 e. The van der Waals surface area contributed by atoms with Gasteiger partial charge in [-0.25, -0.2) is 4.98 Å². The van der Waals surface area contributed by atoms with Crippen molar-refractivity contribution in [1.82, 2.24) is 4.98 Å². The summed E-state index contributed by atoms with van der Waals surface area (Å²) in [6.45, 7) is 0.620. The van der Waals surface area contributed by atoms with E-state index in [2.05, 4.69) is 10.3 Å². The molecule has 0 saturated heterocycles. The van der Waals surface area contributed by atoms with E-state index < -0.39 is 29.9 Å². The number of aromatic nitrogens is 1. The van der Waals surface area contributed by atoms with Crippen LogP contribution in [-0.4, -0.2) is 28.8 Å². The normalized spacial score (nSPS) is 15.4. The molecule has 0 saturated carbocycles. The third-order valence-electron chi connectivity index (χ3n) is 4.55. The fourth-order valence-electron chi connectivity index (χ4n) is 3.05. The molecule has 6 nitrogen and oxygen atoms in total. The number of nitrogens with one attached hydrogen (secondary N) is 1. The molecule has 0 spiro atoms. The molecule has 152 valence electrons. The van der Waals surface area contributed by atoms with Crippen LogP contribution in [0.25, 0.3) is 11.3 Å². The maximum atomic E-state index is 13.4. The van der Waals surface area contributed by atoms with Gasteiger partial charge in [-0.1, -0.05) is 0 Å². The molecule has 1 aromatic carbocycles. The SMILES string of the molecule is O=C(C[C@](O)(c1ccco1)C(F)(F)F)Nc1nc(-c2ccc3c(c2)CCO3)cs1. The number of alkyl halides is 3. The quantitative estimate of drug-likeness (QED) is 0.644. The van der Waals surface area contributed by atoms with E-state index in [0.717, 1.165) is 47.0 Å². The number of ether oxygens (including phenoxy) is 1. The number of carbonyl (C=O) groups excluding carboxylic acids is 1. The van der Waals surface area contributed by atoms with Gasteiger partial charge in [0.05, 0.1) is 25.0 Å². The lowest BCUT2D eigenvalue weighted by Gasteiger charge is -2.27. The first-order chi connectivity index (χ1) is 13.8. The molecule has 0 unspecified atom stereocenters. The molecular formula is C19H15F3N2O4S. The third-order valence-corrected chi connectivity index (χ3v) is 5.31. The van der Waals surface area contributed by atoms with E-state index in [1.54, 1.807) is 5.38 Å². The summed E-state index contributed by atoms with van der Waals surface area (Å²) in [5.74, 6) is -0.966. The molecule has 1 aliphatic rings. The van der Waals surface area contributed by atoms with Crippen LogP contribution >= 0.6 is 11.3 Å². The number of fused-ring (bicyclic) bond motifs is 1. The Kier molecular flexibility index (Phi) is 4.83. The third kappa shape index (κ3) is 3.73. The highest BCUT2D eigenvalue weighted by atomic mass is 32.1. The molecule has 1 amide bonds. The van der Waals surface area contributed by atoms with Gasteiger partial charge in [0.15, 0.2) is 5.13 Å². The Labute approximate surface area is 166 Å². The number of benzene rings is 1. The number of furan rings is 1. The second kappa shape index (κ2) is 7.20. The van der Waals surface area contributed by atoms with Crippen LogP contribution in [0.2, 0.25) is 0 Å². The Morgan fingerprint density at radius 1 is 1.31 bits per heavy atom. The number of nitrogens with zero attached hydrogens (tertiary/aromatic N) is 1. The molecule has 10 heteroatoms. The van der Waals surface area contributed by atoms with Gasteiger partial charge in [-0.05, 0) is 35.9 Å². The fraction of sp³-hybridized carbons (Fsp3) is 0.263. The molecule has 1 aliphatic heterocycles. The van der Waals surface area contributed by atoms with Crippen molar-refractivity contribution in [2.24, 2.45) is 0 Å². The van der Waals surface area contributed by atoms with E-state index in [9.17, 15) is 23.1 Å². The van der Waals surface area contributed by atoms with Gasteiger partial charge in [-0.15, -0.1) is 11.3 Å². The number of thiazole rings is 1. The zero-order chi connectivity index (χ0) is 20.6. The second-order valence-corrected chi connectivity index (χ2v) is 7.38. The average molecular weight is 424 g/mol. The molecule has 3 aromatic rings. The Hall–Kier alpha value is -2.85. The van der Waals surface area contributed by atoms with Crippen LogP contribution in [0.5, 0.6) is 5.75 Å². The van der Waals surface area contributed by atoms with Gasteiger partial charge in [-0.3, -0.25) is 4.79 Å². The van der Waals surface area contributed by atoms with Crippen molar-refractivity contribution in [1.29, 1.82) is 0 Å². The lowest BCUT2D eigenvalue weighted by atomic mass is 9.95. The molecule has 0 aliphatic carbocycles. The highest BCUT2D eigenvalue weighted by Gasteiger charge is 2.58. The van der Waals surface area contributed by atoms with E-state index in [0.29, 0.717) is 12.3 Å². The number of aliphatic hydroxyl groups is 1. The van der Waals surface area contributed by atoms with Crippen molar-refractivity contribution < 1.29 is 32.2 Å². The zero-order valence-electron chi connectivity index (χ0n) is 14.8.